The van der Waals surface area contributed by atoms with Crippen LogP contribution in [0.2, 0.25) is 0 Å². The molecule has 1 aromatic rings. The third-order valence-electron chi connectivity index (χ3n) is 4.09. The average molecular weight is 326 g/mol. The van der Waals surface area contributed by atoms with Crippen molar-refractivity contribution in [3.8, 4) is 5.75 Å². The number of ether oxygens (including phenoxy) is 1. The third-order valence-corrected chi connectivity index (χ3v) is 4.09. The largest absolute Gasteiger partial charge is 0.481 e. The maximum Gasteiger partial charge on any atom is 0.257 e. The Morgan fingerprint density at radius 2 is 2.09 bits per heavy atom. The molecule has 1 N–H and O–H groups in total. The van der Waals surface area contributed by atoms with E-state index >= 15 is 0 Å². The van der Waals surface area contributed by atoms with Crippen LogP contribution in [0.1, 0.15) is 26.2 Å². The standard InChI is InChI=1S/C17H24F2N2O2/c1-2-7-21-8-5-13(6-9-21)11-20-17(22)12-23-16-4-3-14(18)10-15(16)19/h3-4,10,13H,2,5-9,11-12H2,1H3,(H,20,22). The summed E-state index contributed by atoms with van der Waals surface area (Å²) in [5.41, 5.74) is 0. The number of nitrogens with one attached hydrogen (secondary N) is 1. The van der Waals surface area contributed by atoms with E-state index in [9.17, 15) is 13.6 Å². The Hall–Kier alpha value is -1.69. The first-order chi connectivity index (χ1) is 11.1. The first-order valence-corrected chi connectivity index (χ1v) is 8.15. The lowest BCUT2D eigenvalue weighted by Crippen LogP contribution is -2.40. The number of piperidine rings is 1. The van der Waals surface area contributed by atoms with Crippen molar-refractivity contribution in [2.75, 3.05) is 32.8 Å². The van der Waals surface area contributed by atoms with Crippen molar-refractivity contribution in [2.45, 2.75) is 26.2 Å². The van der Waals surface area contributed by atoms with E-state index in [-0.39, 0.29) is 18.3 Å². The van der Waals surface area contributed by atoms with Crippen LogP contribution in [-0.2, 0) is 4.79 Å². The number of benzene rings is 1. The van der Waals surface area contributed by atoms with Gasteiger partial charge in [0.2, 0.25) is 0 Å². The van der Waals surface area contributed by atoms with Gasteiger partial charge >= 0.3 is 0 Å². The molecule has 0 spiro atoms. The van der Waals surface area contributed by atoms with E-state index in [0.717, 1.165) is 44.6 Å². The molecular weight excluding hydrogens is 302 g/mol. The Morgan fingerprint density at radius 3 is 2.74 bits per heavy atom. The minimum absolute atomic E-state index is 0.116. The molecule has 0 saturated carbocycles. The van der Waals surface area contributed by atoms with Gasteiger partial charge in [0, 0.05) is 12.6 Å². The van der Waals surface area contributed by atoms with Crippen LogP contribution < -0.4 is 10.1 Å². The number of nitrogens with zero attached hydrogens (tertiary/aromatic N) is 1. The number of likely N-dealkylation sites (tertiary alicyclic amines) is 1. The van der Waals surface area contributed by atoms with Crippen LogP contribution in [0.15, 0.2) is 18.2 Å². The Labute approximate surface area is 135 Å². The Bertz CT molecular complexity index is 517. The van der Waals surface area contributed by atoms with Gasteiger partial charge < -0.3 is 15.0 Å². The maximum absolute atomic E-state index is 13.4. The minimum Gasteiger partial charge on any atom is -0.481 e. The lowest BCUT2D eigenvalue weighted by atomic mass is 9.97. The van der Waals surface area contributed by atoms with Gasteiger partial charge in [-0.3, -0.25) is 4.79 Å². The number of halogens is 2. The average Bonchev–Trinajstić information content (AvgIpc) is 2.54. The summed E-state index contributed by atoms with van der Waals surface area (Å²) in [7, 11) is 0. The minimum atomic E-state index is -0.805. The Balaban J connectivity index is 1.66. The van der Waals surface area contributed by atoms with Crippen LogP contribution in [0.3, 0.4) is 0 Å². The van der Waals surface area contributed by atoms with Crippen LogP contribution >= 0.6 is 0 Å². The first-order valence-electron chi connectivity index (χ1n) is 8.15. The second kappa shape index (κ2) is 8.82. The van der Waals surface area contributed by atoms with Crippen LogP contribution in [0.25, 0.3) is 0 Å². The van der Waals surface area contributed by atoms with Crippen molar-refractivity contribution < 1.29 is 18.3 Å². The normalized spacial score (nSPS) is 16.3. The van der Waals surface area contributed by atoms with Gasteiger partial charge in [0.15, 0.2) is 18.2 Å². The van der Waals surface area contributed by atoms with Crippen LogP contribution in [0.5, 0.6) is 5.75 Å². The fourth-order valence-corrected chi connectivity index (χ4v) is 2.78. The molecule has 1 heterocycles. The fourth-order valence-electron chi connectivity index (χ4n) is 2.78. The third kappa shape index (κ3) is 5.78. The highest BCUT2D eigenvalue weighted by molar-refractivity contribution is 5.77. The zero-order chi connectivity index (χ0) is 16.7. The molecule has 1 amide bonds. The van der Waals surface area contributed by atoms with Crippen molar-refractivity contribution in [3.05, 3.63) is 29.8 Å². The lowest BCUT2D eigenvalue weighted by Gasteiger charge is -2.31. The molecule has 128 valence electrons. The number of hydrogen-bond acceptors (Lipinski definition) is 3. The molecule has 0 unspecified atom stereocenters. The molecule has 1 aromatic carbocycles. The maximum atomic E-state index is 13.4. The van der Waals surface area contributed by atoms with Crippen molar-refractivity contribution in [1.29, 1.82) is 0 Å². The van der Waals surface area contributed by atoms with E-state index in [0.29, 0.717) is 12.5 Å². The second-order valence-electron chi connectivity index (χ2n) is 5.95. The van der Waals surface area contributed by atoms with Gasteiger partial charge in [-0.15, -0.1) is 0 Å². The SMILES string of the molecule is CCCN1CCC(CNC(=O)COc2ccc(F)cc2F)CC1. The number of carbonyl (C=O) groups is 1. The quantitative estimate of drug-likeness (QED) is 0.837. The molecule has 4 nitrogen and oxygen atoms in total. The summed E-state index contributed by atoms with van der Waals surface area (Å²) in [6.07, 6.45) is 3.32. The van der Waals surface area contributed by atoms with E-state index < -0.39 is 11.6 Å². The van der Waals surface area contributed by atoms with Crippen LogP contribution in [0, 0.1) is 17.6 Å². The lowest BCUT2D eigenvalue weighted by molar-refractivity contribution is -0.123. The van der Waals surface area contributed by atoms with Crippen molar-refractivity contribution in [2.24, 2.45) is 5.92 Å². The summed E-state index contributed by atoms with van der Waals surface area (Å²) >= 11 is 0. The van der Waals surface area contributed by atoms with Gasteiger partial charge in [-0.2, -0.15) is 0 Å². The van der Waals surface area contributed by atoms with Gasteiger partial charge in [0.05, 0.1) is 0 Å². The molecule has 1 aliphatic heterocycles. The van der Waals surface area contributed by atoms with Crippen molar-refractivity contribution in [1.82, 2.24) is 10.2 Å². The van der Waals surface area contributed by atoms with Gasteiger partial charge in [0.25, 0.3) is 5.91 Å². The first kappa shape index (κ1) is 17.7. The number of rotatable bonds is 7. The van der Waals surface area contributed by atoms with E-state index in [2.05, 4.69) is 17.1 Å². The second-order valence-corrected chi connectivity index (χ2v) is 5.95. The van der Waals surface area contributed by atoms with E-state index in [1.54, 1.807) is 0 Å². The number of hydrogen-bond donors (Lipinski definition) is 1. The summed E-state index contributed by atoms with van der Waals surface area (Å²) in [4.78, 5) is 14.2. The molecule has 0 aromatic heterocycles. The van der Waals surface area contributed by atoms with Crippen molar-refractivity contribution >= 4 is 5.91 Å². The summed E-state index contributed by atoms with van der Waals surface area (Å²) in [5.74, 6) is -1.40. The van der Waals surface area contributed by atoms with Crippen LogP contribution in [0.4, 0.5) is 8.78 Å². The van der Waals surface area contributed by atoms with Crippen LogP contribution in [-0.4, -0.2) is 43.6 Å². The highest BCUT2D eigenvalue weighted by Crippen LogP contribution is 2.18. The van der Waals surface area contributed by atoms with Crippen molar-refractivity contribution in [3.63, 3.8) is 0 Å². The Morgan fingerprint density at radius 1 is 1.35 bits per heavy atom. The predicted octanol–water partition coefficient (Wildman–Crippen LogP) is 2.58. The molecule has 1 aliphatic rings. The van der Waals surface area contributed by atoms with E-state index in [4.69, 9.17) is 4.74 Å². The molecule has 0 radical (unpaired) electrons. The number of amides is 1. The molecule has 23 heavy (non-hydrogen) atoms. The highest BCUT2D eigenvalue weighted by Gasteiger charge is 2.19. The zero-order valence-corrected chi connectivity index (χ0v) is 13.5. The summed E-state index contributed by atoms with van der Waals surface area (Å²) < 4.78 is 31.2. The Kier molecular flexibility index (Phi) is 6.77. The molecule has 2 rings (SSSR count). The predicted molar refractivity (Wildman–Crippen MR) is 84.3 cm³/mol. The molecule has 0 aliphatic carbocycles. The molecule has 0 atom stereocenters. The van der Waals surface area contributed by atoms with Gasteiger partial charge in [-0.05, 0) is 56.9 Å². The molecule has 1 fully saturated rings. The van der Waals surface area contributed by atoms with Gasteiger partial charge in [0.1, 0.15) is 5.82 Å². The zero-order valence-electron chi connectivity index (χ0n) is 13.5. The molecular formula is C17H24F2N2O2. The summed E-state index contributed by atoms with van der Waals surface area (Å²) in [6, 6.07) is 3.01. The smallest absolute Gasteiger partial charge is 0.257 e. The molecule has 1 saturated heterocycles. The van der Waals surface area contributed by atoms with E-state index in [1.165, 1.54) is 12.5 Å². The molecule has 6 heteroatoms. The molecule has 0 bridgehead atoms. The summed E-state index contributed by atoms with van der Waals surface area (Å²) in [5, 5.41) is 2.82. The summed E-state index contributed by atoms with van der Waals surface area (Å²) in [6.45, 7) is 5.81. The monoisotopic (exact) mass is 326 g/mol. The van der Waals surface area contributed by atoms with Gasteiger partial charge in [-0.25, -0.2) is 8.78 Å². The van der Waals surface area contributed by atoms with Gasteiger partial charge in [-0.1, -0.05) is 6.92 Å². The highest BCUT2D eigenvalue weighted by atomic mass is 19.1. The fraction of sp³-hybridized carbons (Fsp3) is 0.588. The number of carbonyl (C=O) groups excluding carboxylic acids is 1. The topological polar surface area (TPSA) is 41.6 Å². The van der Waals surface area contributed by atoms with E-state index in [1.807, 2.05) is 0 Å².